The van der Waals surface area contributed by atoms with Crippen LogP contribution < -0.4 is 0 Å². The second-order valence-electron chi connectivity index (χ2n) is 2.39. The number of carbonyl (C=O) groups excluding carboxylic acids is 1. The predicted molar refractivity (Wildman–Crippen MR) is 42.3 cm³/mol. The van der Waals surface area contributed by atoms with Gasteiger partial charge in [0.1, 0.15) is 12.1 Å². The Bertz CT molecular complexity index is 363. The van der Waals surface area contributed by atoms with Crippen LogP contribution in [0.25, 0.3) is 0 Å². The largest absolute Gasteiger partial charge is 0.477 e. The SMILES string of the molecule is O=CCc1nc(C(=O)O)c(C(=O)O)[nH]1. The van der Waals surface area contributed by atoms with Gasteiger partial charge in [0.2, 0.25) is 0 Å². The van der Waals surface area contributed by atoms with Gasteiger partial charge in [0.05, 0.1) is 6.42 Å². The molecule has 1 aromatic rings. The Morgan fingerprint density at radius 3 is 2.36 bits per heavy atom. The average molecular weight is 198 g/mol. The molecule has 0 bridgehead atoms. The summed E-state index contributed by atoms with van der Waals surface area (Å²) in [5, 5.41) is 17.1. The third kappa shape index (κ3) is 1.76. The third-order valence-corrected chi connectivity index (χ3v) is 1.45. The molecular formula is C7H6N2O5. The van der Waals surface area contributed by atoms with Crippen LogP contribution in [0.4, 0.5) is 0 Å². The number of rotatable bonds is 4. The standard InChI is InChI=1S/C7H6N2O5/c10-2-1-3-8-4(6(11)12)5(9-3)7(13)14/h2H,1H2,(H,8,9)(H,11,12)(H,13,14). The zero-order valence-electron chi connectivity index (χ0n) is 6.85. The normalized spacial score (nSPS) is 9.71. The Morgan fingerprint density at radius 1 is 1.36 bits per heavy atom. The molecule has 7 heteroatoms. The van der Waals surface area contributed by atoms with Crippen molar-refractivity contribution in [3.05, 3.63) is 17.2 Å². The van der Waals surface area contributed by atoms with Crippen LogP contribution in [0.3, 0.4) is 0 Å². The number of aromatic amines is 1. The first kappa shape index (κ1) is 9.90. The van der Waals surface area contributed by atoms with Gasteiger partial charge < -0.3 is 20.0 Å². The van der Waals surface area contributed by atoms with Crippen LogP contribution in [-0.4, -0.2) is 38.4 Å². The summed E-state index contributed by atoms with van der Waals surface area (Å²) in [4.78, 5) is 36.8. The molecule has 7 nitrogen and oxygen atoms in total. The molecule has 3 N–H and O–H groups in total. The molecule has 0 aliphatic carbocycles. The molecule has 0 aliphatic heterocycles. The molecule has 0 atom stereocenters. The van der Waals surface area contributed by atoms with E-state index in [1.165, 1.54) is 0 Å². The number of nitrogens with one attached hydrogen (secondary N) is 1. The number of carboxylic acid groups (broad SMARTS) is 2. The summed E-state index contributed by atoms with van der Waals surface area (Å²) >= 11 is 0. The molecule has 1 heterocycles. The van der Waals surface area contributed by atoms with Gasteiger partial charge in [-0.1, -0.05) is 0 Å². The molecule has 74 valence electrons. The van der Waals surface area contributed by atoms with E-state index in [-0.39, 0.29) is 12.2 Å². The van der Waals surface area contributed by atoms with Crippen molar-refractivity contribution in [3.63, 3.8) is 0 Å². The minimum Gasteiger partial charge on any atom is -0.477 e. The maximum absolute atomic E-state index is 10.5. The molecule has 1 aromatic heterocycles. The molecule has 0 fully saturated rings. The molecule has 1 rings (SSSR count). The van der Waals surface area contributed by atoms with Crippen molar-refractivity contribution in [2.24, 2.45) is 0 Å². The molecular weight excluding hydrogens is 192 g/mol. The van der Waals surface area contributed by atoms with E-state index >= 15 is 0 Å². The van der Waals surface area contributed by atoms with E-state index in [4.69, 9.17) is 10.2 Å². The second kappa shape index (κ2) is 3.69. The average Bonchev–Trinajstić information content (AvgIpc) is 2.49. The monoisotopic (exact) mass is 198 g/mol. The van der Waals surface area contributed by atoms with Gasteiger partial charge in [0.15, 0.2) is 11.4 Å². The summed E-state index contributed by atoms with van der Waals surface area (Å²) in [6.07, 6.45) is 0.351. The quantitative estimate of drug-likeness (QED) is 0.563. The molecule has 0 aliphatic rings. The fourth-order valence-corrected chi connectivity index (χ4v) is 0.907. The topological polar surface area (TPSA) is 120 Å². The maximum Gasteiger partial charge on any atom is 0.357 e. The lowest BCUT2D eigenvalue weighted by molar-refractivity contribution is -0.107. The number of hydrogen-bond acceptors (Lipinski definition) is 4. The number of carbonyl (C=O) groups is 3. The lowest BCUT2D eigenvalue weighted by Gasteiger charge is -1.88. The van der Waals surface area contributed by atoms with E-state index in [1.807, 2.05) is 0 Å². The summed E-state index contributed by atoms with van der Waals surface area (Å²) in [5.41, 5.74) is -1.11. The number of carboxylic acids is 2. The molecule has 0 saturated carbocycles. The summed E-state index contributed by atoms with van der Waals surface area (Å²) < 4.78 is 0. The van der Waals surface area contributed by atoms with E-state index in [0.717, 1.165) is 0 Å². The van der Waals surface area contributed by atoms with Gasteiger partial charge in [-0.05, 0) is 0 Å². The minimum absolute atomic E-state index is 0.0230. The van der Waals surface area contributed by atoms with Gasteiger partial charge in [0, 0.05) is 0 Å². The zero-order chi connectivity index (χ0) is 10.7. The highest BCUT2D eigenvalue weighted by atomic mass is 16.4. The van der Waals surface area contributed by atoms with Crippen molar-refractivity contribution >= 4 is 18.2 Å². The van der Waals surface area contributed by atoms with Crippen LogP contribution in [0.2, 0.25) is 0 Å². The molecule has 0 saturated heterocycles. The highest BCUT2D eigenvalue weighted by molar-refractivity contribution is 5.99. The number of hydrogen-bond donors (Lipinski definition) is 3. The molecule has 0 spiro atoms. The minimum atomic E-state index is -1.45. The zero-order valence-corrected chi connectivity index (χ0v) is 6.85. The van der Waals surface area contributed by atoms with Gasteiger partial charge in [-0.15, -0.1) is 0 Å². The van der Waals surface area contributed by atoms with Crippen molar-refractivity contribution in [1.82, 2.24) is 9.97 Å². The van der Waals surface area contributed by atoms with E-state index in [9.17, 15) is 14.4 Å². The molecule has 0 unspecified atom stereocenters. The van der Waals surface area contributed by atoms with Gasteiger partial charge in [0.25, 0.3) is 0 Å². The van der Waals surface area contributed by atoms with Gasteiger partial charge in [-0.3, -0.25) is 0 Å². The van der Waals surface area contributed by atoms with Crippen molar-refractivity contribution in [3.8, 4) is 0 Å². The second-order valence-corrected chi connectivity index (χ2v) is 2.39. The first-order valence-electron chi connectivity index (χ1n) is 3.55. The summed E-state index contributed by atoms with van der Waals surface area (Å²) in [5.74, 6) is -2.85. The van der Waals surface area contributed by atoms with E-state index < -0.39 is 23.3 Å². The van der Waals surface area contributed by atoms with Crippen molar-refractivity contribution in [2.75, 3.05) is 0 Å². The van der Waals surface area contributed by atoms with Crippen LogP contribution in [0.15, 0.2) is 0 Å². The lowest BCUT2D eigenvalue weighted by atomic mass is 10.3. The van der Waals surface area contributed by atoms with Gasteiger partial charge in [-0.2, -0.15) is 0 Å². The first-order chi connectivity index (χ1) is 6.56. The van der Waals surface area contributed by atoms with E-state index in [1.54, 1.807) is 0 Å². The van der Waals surface area contributed by atoms with Crippen molar-refractivity contribution in [1.29, 1.82) is 0 Å². The van der Waals surface area contributed by atoms with Gasteiger partial charge >= 0.3 is 11.9 Å². The van der Waals surface area contributed by atoms with Crippen LogP contribution in [0.5, 0.6) is 0 Å². The number of aromatic carboxylic acids is 2. The number of aromatic nitrogens is 2. The highest BCUT2D eigenvalue weighted by Gasteiger charge is 2.21. The fraction of sp³-hybridized carbons (Fsp3) is 0.143. The summed E-state index contributed by atoms with van der Waals surface area (Å²) in [6.45, 7) is 0. The van der Waals surface area contributed by atoms with Crippen molar-refractivity contribution in [2.45, 2.75) is 6.42 Å². The molecule has 0 radical (unpaired) electrons. The fourth-order valence-electron chi connectivity index (χ4n) is 0.907. The van der Waals surface area contributed by atoms with Crippen molar-refractivity contribution < 1.29 is 24.6 Å². The van der Waals surface area contributed by atoms with Crippen LogP contribution in [0, 0.1) is 0 Å². The Morgan fingerprint density at radius 2 is 2.00 bits per heavy atom. The Hall–Kier alpha value is -2.18. The smallest absolute Gasteiger partial charge is 0.357 e. The predicted octanol–water partition coefficient (Wildman–Crippen LogP) is -0.452. The summed E-state index contributed by atoms with van der Waals surface area (Å²) in [6, 6.07) is 0. The molecule has 14 heavy (non-hydrogen) atoms. The lowest BCUT2D eigenvalue weighted by Crippen LogP contribution is -2.07. The van der Waals surface area contributed by atoms with Crippen LogP contribution in [-0.2, 0) is 11.2 Å². The number of aldehydes is 1. The maximum atomic E-state index is 10.5. The number of imidazole rings is 1. The molecule has 0 aromatic carbocycles. The highest BCUT2D eigenvalue weighted by Crippen LogP contribution is 2.06. The number of nitrogens with zero attached hydrogens (tertiary/aromatic N) is 1. The van der Waals surface area contributed by atoms with Crippen LogP contribution >= 0.6 is 0 Å². The summed E-state index contributed by atoms with van der Waals surface area (Å²) in [7, 11) is 0. The Balaban J connectivity index is 3.18. The Kier molecular flexibility index (Phi) is 2.61. The molecule has 0 amide bonds. The van der Waals surface area contributed by atoms with Gasteiger partial charge in [-0.25, -0.2) is 14.6 Å². The van der Waals surface area contributed by atoms with E-state index in [0.29, 0.717) is 6.29 Å². The number of H-pyrrole nitrogens is 1. The first-order valence-corrected chi connectivity index (χ1v) is 3.55. The van der Waals surface area contributed by atoms with E-state index in [2.05, 4.69) is 9.97 Å². The third-order valence-electron chi connectivity index (χ3n) is 1.45. The van der Waals surface area contributed by atoms with Crippen LogP contribution in [0.1, 0.15) is 26.8 Å². The Labute approximate surface area is 77.4 Å².